The lowest BCUT2D eigenvalue weighted by Gasteiger charge is -2.36. The molecule has 0 aromatic heterocycles. The van der Waals surface area contributed by atoms with Crippen molar-refractivity contribution in [3.63, 3.8) is 0 Å². The van der Waals surface area contributed by atoms with E-state index in [1.54, 1.807) is 20.8 Å². The van der Waals surface area contributed by atoms with Crippen molar-refractivity contribution < 1.29 is 19.1 Å². The first kappa shape index (κ1) is 23.2. The SMILES string of the molecule is CC1CC[C@@H](C(C)C)C(C(=O)NCCNC(=O)CNC(=O)OC(C)(C)C)C1. The molecule has 1 rings (SSSR count). The predicted molar refractivity (Wildman–Crippen MR) is 105 cm³/mol. The third kappa shape index (κ3) is 9.11. The molecule has 1 aliphatic rings. The maximum Gasteiger partial charge on any atom is 0.408 e. The summed E-state index contributed by atoms with van der Waals surface area (Å²) in [5.74, 6) is 1.32. The van der Waals surface area contributed by atoms with E-state index in [4.69, 9.17) is 4.74 Å². The molecule has 1 saturated carbocycles. The largest absolute Gasteiger partial charge is 0.444 e. The van der Waals surface area contributed by atoms with Crippen LogP contribution in [0.15, 0.2) is 0 Å². The zero-order valence-electron chi connectivity index (χ0n) is 17.7. The second-order valence-corrected chi connectivity index (χ2v) is 8.93. The highest BCUT2D eigenvalue weighted by molar-refractivity contribution is 5.82. The Morgan fingerprint density at radius 3 is 2.26 bits per heavy atom. The Morgan fingerprint density at radius 2 is 1.67 bits per heavy atom. The van der Waals surface area contributed by atoms with Gasteiger partial charge < -0.3 is 20.7 Å². The van der Waals surface area contributed by atoms with E-state index in [0.29, 0.717) is 30.8 Å². The Morgan fingerprint density at radius 1 is 1.04 bits per heavy atom. The number of rotatable bonds is 7. The minimum Gasteiger partial charge on any atom is -0.444 e. The molecule has 3 N–H and O–H groups in total. The van der Waals surface area contributed by atoms with Gasteiger partial charge in [0, 0.05) is 19.0 Å². The second kappa shape index (κ2) is 10.5. The van der Waals surface area contributed by atoms with Gasteiger partial charge in [0.25, 0.3) is 0 Å². The van der Waals surface area contributed by atoms with Crippen molar-refractivity contribution >= 4 is 17.9 Å². The van der Waals surface area contributed by atoms with Crippen molar-refractivity contribution in [2.24, 2.45) is 23.7 Å². The van der Waals surface area contributed by atoms with Crippen LogP contribution in [0.5, 0.6) is 0 Å². The van der Waals surface area contributed by atoms with E-state index < -0.39 is 11.7 Å². The Bertz CT molecular complexity index is 514. The molecule has 1 aliphatic carbocycles. The van der Waals surface area contributed by atoms with Gasteiger partial charge in [-0.3, -0.25) is 9.59 Å². The molecule has 27 heavy (non-hydrogen) atoms. The van der Waals surface area contributed by atoms with Crippen molar-refractivity contribution in [1.29, 1.82) is 0 Å². The molecule has 0 spiro atoms. The van der Waals surface area contributed by atoms with Crippen LogP contribution >= 0.6 is 0 Å². The summed E-state index contributed by atoms with van der Waals surface area (Å²) in [5, 5.41) is 8.02. The molecule has 3 atom stereocenters. The van der Waals surface area contributed by atoms with Gasteiger partial charge in [0.15, 0.2) is 0 Å². The lowest BCUT2D eigenvalue weighted by Crippen LogP contribution is -2.44. The molecule has 0 radical (unpaired) electrons. The van der Waals surface area contributed by atoms with Crippen molar-refractivity contribution in [2.45, 2.75) is 66.4 Å². The molecular formula is C20H37N3O4. The molecule has 3 amide bonds. The fraction of sp³-hybridized carbons (Fsp3) is 0.850. The monoisotopic (exact) mass is 383 g/mol. The van der Waals surface area contributed by atoms with Gasteiger partial charge in [0.2, 0.25) is 11.8 Å². The first-order valence-electron chi connectivity index (χ1n) is 10.0. The summed E-state index contributed by atoms with van der Waals surface area (Å²) in [5.41, 5.74) is -0.602. The predicted octanol–water partition coefficient (Wildman–Crippen LogP) is 2.45. The highest BCUT2D eigenvalue weighted by atomic mass is 16.6. The molecule has 2 unspecified atom stereocenters. The number of hydrogen-bond donors (Lipinski definition) is 3. The lowest BCUT2D eigenvalue weighted by atomic mass is 9.70. The first-order chi connectivity index (χ1) is 12.5. The van der Waals surface area contributed by atoms with Crippen molar-refractivity contribution in [3.8, 4) is 0 Å². The molecule has 0 saturated heterocycles. The van der Waals surface area contributed by atoms with Gasteiger partial charge in [-0.15, -0.1) is 0 Å². The average molecular weight is 384 g/mol. The Balaban J connectivity index is 2.27. The summed E-state index contributed by atoms with van der Waals surface area (Å²) in [6, 6.07) is 0. The first-order valence-corrected chi connectivity index (χ1v) is 10.0. The van der Waals surface area contributed by atoms with E-state index in [9.17, 15) is 14.4 Å². The molecule has 0 aromatic rings. The third-order valence-corrected chi connectivity index (χ3v) is 4.90. The van der Waals surface area contributed by atoms with Crippen LogP contribution in [0, 0.1) is 23.7 Å². The molecule has 7 nitrogen and oxygen atoms in total. The Hall–Kier alpha value is -1.79. The molecule has 1 fully saturated rings. The Kier molecular flexibility index (Phi) is 9.06. The van der Waals surface area contributed by atoms with Crippen molar-refractivity contribution in [3.05, 3.63) is 0 Å². The highest BCUT2D eigenvalue weighted by Gasteiger charge is 2.35. The zero-order chi connectivity index (χ0) is 20.6. The van der Waals surface area contributed by atoms with E-state index >= 15 is 0 Å². The number of ether oxygens (including phenoxy) is 1. The molecule has 156 valence electrons. The van der Waals surface area contributed by atoms with Gasteiger partial charge in [-0.1, -0.05) is 27.2 Å². The number of nitrogens with one attached hydrogen (secondary N) is 3. The molecule has 0 heterocycles. The number of carbonyl (C=O) groups excluding carboxylic acids is 3. The Labute approximate surface area is 163 Å². The highest BCUT2D eigenvalue weighted by Crippen LogP contribution is 2.37. The lowest BCUT2D eigenvalue weighted by molar-refractivity contribution is -0.129. The van der Waals surface area contributed by atoms with Crippen LogP contribution in [-0.2, 0) is 14.3 Å². The molecule has 7 heteroatoms. The summed E-state index contributed by atoms with van der Waals surface area (Å²) in [7, 11) is 0. The fourth-order valence-corrected chi connectivity index (χ4v) is 3.55. The van der Waals surface area contributed by atoms with Crippen LogP contribution in [0.2, 0.25) is 0 Å². The number of hydrogen-bond acceptors (Lipinski definition) is 4. The van der Waals surface area contributed by atoms with E-state index in [1.165, 1.54) is 6.42 Å². The van der Waals surface area contributed by atoms with E-state index in [2.05, 4.69) is 36.7 Å². The molecular weight excluding hydrogens is 346 g/mol. The normalized spacial score (nSPS) is 22.9. The van der Waals surface area contributed by atoms with Crippen molar-refractivity contribution in [2.75, 3.05) is 19.6 Å². The average Bonchev–Trinajstić information content (AvgIpc) is 2.54. The molecule has 0 bridgehead atoms. The summed E-state index contributed by atoms with van der Waals surface area (Å²) >= 11 is 0. The van der Waals surface area contributed by atoms with Crippen molar-refractivity contribution in [1.82, 2.24) is 16.0 Å². The summed E-state index contributed by atoms with van der Waals surface area (Å²) < 4.78 is 5.06. The summed E-state index contributed by atoms with van der Waals surface area (Å²) in [6.45, 7) is 12.4. The van der Waals surface area contributed by atoms with Crippen LogP contribution in [0.1, 0.15) is 60.8 Å². The minimum absolute atomic E-state index is 0.0540. The van der Waals surface area contributed by atoms with Crippen LogP contribution in [0.25, 0.3) is 0 Å². The number of alkyl carbamates (subject to hydrolysis) is 1. The number of carbonyl (C=O) groups is 3. The van der Waals surface area contributed by atoms with Gasteiger partial charge in [-0.2, -0.15) is 0 Å². The minimum atomic E-state index is -0.628. The van der Waals surface area contributed by atoms with Crippen LogP contribution < -0.4 is 16.0 Å². The van der Waals surface area contributed by atoms with Gasteiger partial charge in [-0.25, -0.2) is 4.79 Å². The quantitative estimate of drug-likeness (QED) is 0.588. The van der Waals surface area contributed by atoms with E-state index in [0.717, 1.165) is 12.8 Å². The van der Waals surface area contributed by atoms with Gasteiger partial charge in [0.05, 0.1) is 6.54 Å². The standard InChI is InChI=1S/C20H37N3O4/c1-13(2)15-8-7-14(3)11-16(15)18(25)22-10-9-21-17(24)12-23-19(26)27-20(4,5)6/h13-16H,7-12H2,1-6H3,(H,21,24)(H,22,25)(H,23,26)/t14?,15-,16?/m0/s1. The summed E-state index contributed by atoms with van der Waals surface area (Å²) in [6.07, 6.45) is 2.59. The number of amides is 3. The smallest absolute Gasteiger partial charge is 0.408 e. The van der Waals surface area contributed by atoms with Crippen LogP contribution in [0.4, 0.5) is 4.79 Å². The van der Waals surface area contributed by atoms with E-state index in [1.807, 2.05) is 0 Å². The van der Waals surface area contributed by atoms with E-state index in [-0.39, 0.29) is 24.3 Å². The van der Waals surface area contributed by atoms with Gasteiger partial charge >= 0.3 is 6.09 Å². The van der Waals surface area contributed by atoms with Gasteiger partial charge in [-0.05, 0) is 51.4 Å². The van der Waals surface area contributed by atoms with Crippen LogP contribution in [0.3, 0.4) is 0 Å². The third-order valence-electron chi connectivity index (χ3n) is 4.90. The van der Waals surface area contributed by atoms with Gasteiger partial charge in [0.1, 0.15) is 5.60 Å². The fourth-order valence-electron chi connectivity index (χ4n) is 3.55. The zero-order valence-corrected chi connectivity index (χ0v) is 17.7. The maximum atomic E-state index is 12.6. The van der Waals surface area contributed by atoms with Crippen LogP contribution in [-0.4, -0.2) is 43.1 Å². The summed E-state index contributed by atoms with van der Waals surface area (Å²) in [4.78, 5) is 35.8. The second-order valence-electron chi connectivity index (χ2n) is 8.93. The molecule has 0 aliphatic heterocycles. The topological polar surface area (TPSA) is 96.5 Å². The molecule has 0 aromatic carbocycles. The maximum absolute atomic E-state index is 12.6.